The second-order valence-corrected chi connectivity index (χ2v) is 8.65. The quantitative estimate of drug-likeness (QED) is 0.700. The highest BCUT2D eigenvalue weighted by Gasteiger charge is 2.34. The number of hydrogen-bond donors (Lipinski definition) is 2. The Morgan fingerprint density at radius 2 is 1.86 bits per heavy atom. The van der Waals surface area contributed by atoms with E-state index in [1.54, 1.807) is 6.07 Å². The van der Waals surface area contributed by atoms with E-state index in [4.69, 9.17) is 4.74 Å². The summed E-state index contributed by atoms with van der Waals surface area (Å²) >= 11 is 1.49. The van der Waals surface area contributed by atoms with Crippen molar-refractivity contribution in [2.75, 3.05) is 0 Å². The van der Waals surface area contributed by atoms with Crippen LogP contribution in [0.4, 0.5) is 0 Å². The summed E-state index contributed by atoms with van der Waals surface area (Å²) in [4.78, 5) is 0. The molecule has 5 rings (SSSR count). The van der Waals surface area contributed by atoms with E-state index in [1.807, 2.05) is 31.2 Å². The van der Waals surface area contributed by atoms with Crippen LogP contribution in [0.5, 0.6) is 11.6 Å². The number of nitrogens with zero attached hydrogens (tertiary/aromatic N) is 4. The van der Waals surface area contributed by atoms with Gasteiger partial charge in [0.2, 0.25) is 5.88 Å². The van der Waals surface area contributed by atoms with Crippen LogP contribution in [0.15, 0.2) is 30.3 Å². The maximum atomic E-state index is 10.5. The first kappa shape index (κ1) is 17.5. The minimum absolute atomic E-state index is 0.142. The summed E-state index contributed by atoms with van der Waals surface area (Å²) in [5.74, 6) is 0.679. The number of phenols is 1. The summed E-state index contributed by atoms with van der Waals surface area (Å²) < 4.78 is 6.05. The monoisotopic (exact) mass is 395 g/mol. The zero-order valence-electron chi connectivity index (χ0n) is 15.5. The van der Waals surface area contributed by atoms with E-state index in [1.165, 1.54) is 24.2 Å². The van der Waals surface area contributed by atoms with Gasteiger partial charge in [-0.2, -0.15) is 0 Å². The zero-order valence-corrected chi connectivity index (χ0v) is 16.3. The molecule has 2 aliphatic rings. The Morgan fingerprint density at radius 1 is 1.04 bits per heavy atom. The predicted molar refractivity (Wildman–Crippen MR) is 106 cm³/mol. The Bertz CT molecular complexity index is 979. The third-order valence-corrected chi connectivity index (χ3v) is 6.29. The number of phenolic OH excluding ortho intramolecular Hbond substituents is 1. The van der Waals surface area contributed by atoms with Gasteiger partial charge in [0, 0.05) is 29.3 Å². The van der Waals surface area contributed by atoms with Crippen LogP contribution in [-0.4, -0.2) is 43.7 Å². The number of ether oxygens (including phenoxy) is 1. The molecule has 2 fully saturated rings. The minimum atomic E-state index is 0.142. The van der Waals surface area contributed by atoms with Crippen molar-refractivity contribution in [1.29, 1.82) is 0 Å². The molecule has 0 radical (unpaired) electrons. The summed E-state index contributed by atoms with van der Waals surface area (Å²) in [6, 6.07) is 10.2. The lowest BCUT2D eigenvalue weighted by atomic mass is 10.0. The third kappa shape index (κ3) is 3.45. The Hall–Kier alpha value is -2.58. The number of nitrogens with one attached hydrogen (secondary N) is 1. The Labute approximate surface area is 166 Å². The molecule has 4 heterocycles. The number of fused-ring (bicyclic) bond motifs is 2. The van der Waals surface area contributed by atoms with E-state index in [9.17, 15) is 5.11 Å². The largest absolute Gasteiger partial charge is 0.507 e. The first-order valence-corrected chi connectivity index (χ1v) is 10.4. The van der Waals surface area contributed by atoms with E-state index in [-0.39, 0.29) is 11.9 Å². The van der Waals surface area contributed by atoms with Crippen LogP contribution in [0.1, 0.15) is 30.7 Å². The summed E-state index contributed by atoms with van der Waals surface area (Å²) in [6.45, 7) is 1.91. The number of aryl methyl sites for hydroxylation is 1. The number of rotatable bonds is 4. The van der Waals surface area contributed by atoms with Crippen molar-refractivity contribution >= 4 is 11.3 Å². The van der Waals surface area contributed by atoms with Crippen LogP contribution in [0.3, 0.4) is 0 Å². The molecular formula is C20H21N5O2S. The van der Waals surface area contributed by atoms with Gasteiger partial charge in [0.25, 0.3) is 0 Å². The van der Waals surface area contributed by atoms with Crippen molar-refractivity contribution in [2.24, 2.45) is 0 Å². The van der Waals surface area contributed by atoms with Gasteiger partial charge >= 0.3 is 0 Å². The van der Waals surface area contributed by atoms with Gasteiger partial charge in [0.1, 0.15) is 21.9 Å². The normalized spacial score (nSPS) is 23.7. The average Bonchev–Trinajstić information content (AvgIpc) is 3.27. The number of aromatic hydroxyl groups is 1. The predicted octanol–water partition coefficient (Wildman–Crippen LogP) is 3.34. The van der Waals surface area contributed by atoms with Crippen molar-refractivity contribution in [3.63, 3.8) is 0 Å². The second-order valence-electron chi connectivity index (χ2n) is 7.46. The molecule has 2 bridgehead atoms. The van der Waals surface area contributed by atoms with E-state index in [0.29, 0.717) is 29.2 Å². The lowest BCUT2D eigenvalue weighted by Gasteiger charge is -2.28. The Kier molecular flexibility index (Phi) is 4.44. The molecular weight excluding hydrogens is 374 g/mol. The van der Waals surface area contributed by atoms with Gasteiger partial charge in [-0.3, -0.25) is 0 Å². The van der Waals surface area contributed by atoms with Crippen LogP contribution in [0, 0.1) is 6.92 Å². The molecule has 0 amide bonds. The van der Waals surface area contributed by atoms with Crippen molar-refractivity contribution in [3.8, 4) is 33.5 Å². The van der Waals surface area contributed by atoms with Crippen molar-refractivity contribution in [2.45, 2.75) is 50.8 Å². The van der Waals surface area contributed by atoms with Gasteiger partial charge in [0.15, 0.2) is 0 Å². The molecule has 0 aliphatic carbocycles. The Balaban J connectivity index is 1.31. The van der Waals surface area contributed by atoms with Crippen LogP contribution >= 0.6 is 11.3 Å². The third-order valence-electron chi connectivity index (χ3n) is 5.40. The molecule has 8 heteroatoms. The van der Waals surface area contributed by atoms with Gasteiger partial charge < -0.3 is 15.2 Å². The van der Waals surface area contributed by atoms with Gasteiger partial charge in [-0.05, 0) is 50.8 Å². The molecule has 0 spiro atoms. The Morgan fingerprint density at radius 3 is 2.50 bits per heavy atom. The highest BCUT2D eigenvalue weighted by Crippen LogP contribution is 2.34. The maximum absolute atomic E-state index is 10.5. The minimum Gasteiger partial charge on any atom is -0.507 e. The highest BCUT2D eigenvalue weighted by atomic mass is 32.1. The van der Waals surface area contributed by atoms with Crippen molar-refractivity contribution in [1.82, 2.24) is 25.7 Å². The first-order chi connectivity index (χ1) is 13.6. The second kappa shape index (κ2) is 7.10. The summed E-state index contributed by atoms with van der Waals surface area (Å²) in [5.41, 5.74) is 2.07. The van der Waals surface area contributed by atoms with Gasteiger partial charge in [-0.25, -0.2) is 0 Å². The summed E-state index contributed by atoms with van der Waals surface area (Å²) in [6.07, 6.45) is 4.71. The smallest absolute Gasteiger partial charge is 0.233 e. The molecule has 2 N–H and O–H groups in total. The number of benzene rings is 1. The lowest BCUT2D eigenvalue weighted by Crippen LogP contribution is -2.42. The molecule has 0 saturated carbocycles. The van der Waals surface area contributed by atoms with E-state index >= 15 is 0 Å². The number of hydrogen-bond acceptors (Lipinski definition) is 8. The molecule has 2 saturated heterocycles. The molecule has 2 aromatic heterocycles. The van der Waals surface area contributed by atoms with Crippen LogP contribution in [0.2, 0.25) is 0 Å². The van der Waals surface area contributed by atoms with Gasteiger partial charge in [-0.1, -0.05) is 17.4 Å². The standard InChI is InChI=1S/C20H21N5O2S/c1-11-22-25-20(28-11)12-2-5-16(18(26)8-12)17-6-7-19(24-23-17)27-15-9-13-3-4-14(10-15)21-13/h2,5-8,13-15,21,26H,3-4,9-10H2,1H3/t13-,14+,15+. The zero-order chi connectivity index (χ0) is 19.1. The average molecular weight is 395 g/mol. The molecule has 7 nitrogen and oxygen atoms in total. The topological polar surface area (TPSA) is 93.1 Å². The van der Waals surface area contributed by atoms with Crippen molar-refractivity contribution in [3.05, 3.63) is 35.3 Å². The molecule has 2 aliphatic heterocycles. The molecule has 0 unspecified atom stereocenters. The fraction of sp³-hybridized carbons (Fsp3) is 0.400. The molecule has 3 aromatic rings. The highest BCUT2D eigenvalue weighted by molar-refractivity contribution is 7.14. The first-order valence-electron chi connectivity index (χ1n) is 9.54. The van der Waals surface area contributed by atoms with Crippen LogP contribution in [-0.2, 0) is 0 Å². The van der Waals surface area contributed by atoms with E-state index in [0.717, 1.165) is 28.4 Å². The summed E-state index contributed by atoms with van der Waals surface area (Å²) in [7, 11) is 0. The van der Waals surface area contributed by atoms with E-state index in [2.05, 4.69) is 25.7 Å². The SMILES string of the molecule is Cc1nnc(-c2ccc(-c3ccc(O[C@H]4C[C@H]5CC[C@@H](C4)N5)nn3)c(O)c2)s1. The molecule has 144 valence electrons. The van der Waals surface area contributed by atoms with Crippen LogP contribution < -0.4 is 10.1 Å². The summed E-state index contributed by atoms with van der Waals surface area (Å²) in [5, 5.41) is 32.4. The number of piperidine rings is 1. The van der Waals surface area contributed by atoms with E-state index < -0.39 is 0 Å². The maximum Gasteiger partial charge on any atom is 0.233 e. The van der Waals surface area contributed by atoms with Crippen LogP contribution in [0.25, 0.3) is 21.8 Å². The van der Waals surface area contributed by atoms with Crippen molar-refractivity contribution < 1.29 is 9.84 Å². The lowest BCUT2D eigenvalue weighted by molar-refractivity contribution is 0.130. The molecule has 1 aromatic carbocycles. The van der Waals surface area contributed by atoms with Gasteiger partial charge in [-0.15, -0.1) is 20.4 Å². The number of aromatic nitrogens is 4. The molecule has 28 heavy (non-hydrogen) atoms. The van der Waals surface area contributed by atoms with Gasteiger partial charge in [0.05, 0.1) is 5.69 Å². The fourth-order valence-corrected chi connectivity index (χ4v) is 4.78. The fourth-order valence-electron chi connectivity index (χ4n) is 4.09. The molecule has 3 atom stereocenters.